The van der Waals surface area contributed by atoms with Crippen LogP contribution < -0.4 is 9.80 Å². The van der Waals surface area contributed by atoms with E-state index in [0.717, 1.165) is 0 Å². The number of piperazine rings is 1. The van der Waals surface area contributed by atoms with E-state index < -0.39 is 17.2 Å². The van der Waals surface area contributed by atoms with Crippen LogP contribution in [0.2, 0.25) is 0 Å². The van der Waals surface area contributed by atoms with E-state index in [1.165, 1.54) is 46.6 Å². The van der Waals surface area contributed by atoms with Gasteiger partial charge >= 0.3 is 6.09 Å². The Morgan fingerprint density at radius 3 is 2.63 bits per heavy atom. The minimum Gasteiger partial charge on any atom is -0.465 e. The van der Waals surface area contributed by atoms with Gasteiger partial charge in [0, 0.05) is 43.8 Å². The molecular weight excluding hydrogens is 416 g/mol. The van der Waals surface area contributed by atoms with Crippen molar-refractivity contribution in [3.8, 4) is 0 Å². The summed E-state index contributed by atoms with van der Waals surface area (Å²) >= 11 is 6.01. The van der Waals surface area contributed by atoms with E-state index in [1.807, 2.05) is 4.90 Å². The zero-order valence-corrected chi connectivity index (χ0v) is 16.3. The predicted octanol–water partition coefficient (Wildman–Crippen LogP) is 2.11. The number of hydrogen-bond acceptors (Lipinski definition) is 8. The molecule has 1 atom stereocenters. The molecule has 0 bridgehead atoms. The number of fused-ring (bicyclic) bond motifs is 1. The summed E-state index contributed by atoms with van der Waals surface area (Å²) in [6.45, 7) is 1.41. The molecule has 0 spiro atoms. The molecular formula is C18H17ClN6O5. The highest BCUT2D eigenvalue weighted by Crippen LogP contribution is 2.37. The number of aliphatic hydroxyl groups is 1. The SMILES string of the molecule is O=C(O)N1CCN(c2ncnc3cc(N4C=C(Cl)C=CC4O)c([N+](=O)[O-])cc23)CC1. The molecule has 1 amide bonds. The second-order valence-corrected chi connectivity index (χ2v) is 7.20. The fourth-order valence-corrected chi connectivity index (χ4v) is 3.69. The van der Waals surface area contributed by atoms with Crippen molar-refractivity contribution in [2.75, 3.05) is 36.0 Å². The van der Waals surface area contributed by atoms with E-state index in [4.69, 9.17) is 16.7 Å². The van der Waals surface area contributed by atoms with Gasteiger partial charge in [-0.25, -0.2) is 14.8 Å². The summed E-state index contributed by atoms with van der Waals surface area (Å²) in [6.07, 6.45) is 3.59. The monoisotopic (exact) mass is 432 g/mol. The summed E-state index contributed by atoms with van der Waals surface area (Å²) in [5.74, 6) is 0.493. The quantitative estimate of drug-likeness (QED) is 0.551. The van der Waals surface area contributed by atoms with Crippen molar-refractivity contribution < 1.29 is 19.9 Å². The van der Waals surface area contributed by atoms with E-state index in [0.29, 0.717) is 47.9 Å². The number of nitro benzene ring substituents is 1. The minimum atomic E-state index is -1.12. The van der Waals surface area contributed by atoms with E-state index >= 15 is 0 Å². The topological polar surface area (TPSA) is 136 Å². The highest BCUT2D eigenvalue weighted by molar-refractivity contribution is 6.31. The molecule has 0 radical (unpaired) electrons. The average molecular weight is 433 g/mol. The second-order valence-electron chi connectivity index (χ2n) is 6.76. The van der Waals surface area contributed by atoms with Gasteiger partial charge in [0.15, 0.2) is 6.23 Å². The molecule has 2 aromatic rings. The normalized spacial score (nSPS) is 19.2. The summed E-state index contributed by atoms with van der Waals surface area (Å²) in [5.41, 5.74) is 0.355. The maximum absolute atomic E-state index is 11.8. The number of aromatic nitrogens is 2. The number of allylic oxidation sites excluding steroid dienone is 2. The van der Waals surface area contributed by atoms with Crippen molar-refractivity contribution in [3.63, 3.8) is 0 Å². The van der Waals surface area contributed by atoms with Crippen LogP contribution in [0.25, 0.3) is 10.9 Å². The summed E-state index contributed by atoms with van der Waals surface area (Å²) in [5, 5.41) is 32.0. The number of benzene rings is 1. The second kappa shape index (κ2) is 7.76. The Labute approximate surface area is 175 Å². The molecule has 2 aliphatic rings. The molecule has 0 saturated carbocycles. The Balaban J connectivity index is 1.78. The smallest absolute Gasteiger partial charge is 0.407 e. The van der Waals surface area contributed by atoms with E-state index in [1.54, 1.807) is 0 Å². The van der Waals surface area contributed by atoms with Crippen LogP contribution in [0.4, 0.5) is 22.0 Å². The van der Waals surface area contributed by atoms with Crippen molar-refractivity contribution in [1.82, 2.24) is 14.9 Å². The lowest BCUT2D eigenvalue weighted by Crippen LogP contribution is -2.48. The summed E-state index contributed by atoms with van der Waals surface area (Å²) in [7, 11) is 0. The Bertz CT molecular complexity index is 1080. The number of aliphatic hydroxyl groups excluding tert-OH is 1. The molecule has 1 saturated heterocycles. The first-order valence-electron chi connectivity index (χ1n) is 9.03. The van der Waals surface area contributed by atoms with Gasteiger partial charge in [-0.3, -0.25) is 10.1 Å². The molecule has 0 aliphatic carbocycles. The molecule has 4 rings (SSSR count). The van der Waals surface area contributed by atoms with E-state index in [2.05, 4.69) is 9.97 Å². The van der Waals surface area contributed by atoms with Crippen LogP contribution in [-0.2, 0) is 0 Å². The average Bonchev–Trinajstić information content (AvgIpc) is 2.74. The molecule has 156 valence electrons. The number of amides is 1. The summed E-state index contributed by atoms with van der Waals surface area (Å²) in [4.78, 5) is 35.4. The van der Waals surface area contributed by atoms with Gasteiger partial charge in [0.05, 0.1) is 15.5 Å². The van der Waals surface area contributed by atoms with Gasteiger partial charge in [0.2, 0.25) is 0 Å². The first kappa shape index (κ1) is 19.9. The standard InChI is InChI=1S/C18H17ClN6O5/c19-11-1-2-16(26)24(9-11)14-8-13-12(7-15(14)25(29)30)17(21-10-20-13)22-3-5-23(6-4-22)18(27)28/h1-2,7-10,16,26H,3-6H2,(H,27,28). The third-order valence-electron chi connectivity index (χ3n) is 5.01. The maximum Gasteiger partial charge on any atom is 0.407 e. The summed E-state index contributed by atoms with van der Waals surface area (Å²) in [6, 6.07) is 2.88. The molecule has 1 aromatic carbocycles. The van der Waals surface area contributed by atoms with Gasteiger partial charge in [-0.05, 0) is 18.2 Å². The third kappa shape index (κ3) is 3.60. The largest absolute Gasteiger partial charge is 0.465 e. The number of rotatable bonds is 3. The maximum atomic E-state index is 11.8. The van der Waals surface area contributed by atoms with Crippen LogP contribution >= 0.6 is 11.6 Å². The van der Waals surface area contributed by atoms with E-state index in [9.17, 15) is 20.0 Å². The molecule has 2 aliphatic heterocycles. The van der Waals surface area contributed by atoms with Crippen molar-refractivity contribution in [2.45, 2.75) is 6.23 Å². The molecule has 30 heavy (non-hydrogen) atoms. The minimum absolute atomic E-state index is 0.142. The predicted molar refractivity (Wildman–Crippen MR) is 110 cm³/mol. The number of hydrogen-bond donors (Lipinski definition) is 2. The fourth-order valence-electron chi connectivity index (χ4n) is 3.52. The Hall–Kier alpha value is -3.44. The molecule has 1 aromatic heterocycles. The number of halogens is 1. The summed E-state index contributed by atoms with van der Waals surface area (Å²) < 4.78 is 0. The molecule has 11 nitrogen and oxygen atoms in total. The van der Waals surface area contributed by atoms with Gasteiger partial charge in [-0.2, -0.15) is 0 Å². The Kier molecular flexibility index (Phi) is 5.14. The molecule has 2 N–H and O–H groups in total. The first-order chi connectivity index (χ1) is 14.3. The van der Waals surface area contributed by atoms with Crippen molar-refractivity contribution in [3.05, 3.63) is 52.0 Å². The molecule has 1 fully saturated rings. The van der Waals surface area contributed by atoms with Crippen LogP contribution in [0.3, 0.4) is 0 Å². The molecule has 3 heterocycles. The van der Waals surface area contributed by atoms with Crippen molar-refractivity contribution in [2.24, 2.45) is 0 Å². The zero-order valence-electron chi connectivity index (χ0n) is 15.6. The van der Waals surface area contributed by atoms with Crippen molar-refractivity contribution in [1.29, 1.82) is 0 Å². The van der Waals surface area contributed by atoms with Gasteiger partial charge in [0.25, 0.3) is 5.69 Å². The number of carbonyl (C=O) groups is 1. The number of carboxylic acid groups (broad SMARTS) is 1. The number of nitrogens with zero attached hydrogens (tertiary/aromatic N) is 6. The highest BCUT2D eigenvalue weighted by atomic mass is 35.5. The highest BCUT2D eigenvalue weighted by Gasteiger charge is 2.28. The number of anilines is 2. The van der Waals surface area contributed by atoms with E-state index in [-0.39, 0.29) is 11.4 Å². The fraction of sp³-hybridized carbons (Fsp3) is 0.278. The Morgan fingerprint density at radius 2 is 1.97 bits per heavy atom. The first-order valence-corrected chi connectivity index (χ1v) is 9.41. The van der Waals surface area contributed by atoms with Gasteiger partial charge < -0.3 is 24.9 Å². The van der Waals surface area contributed by atoms with Crippen LogP contribution in [0, 0.1) is 10.1 Å². The Morgan fingerprint density at radius 1 is 1.23 bits per heavy atom. The lowest BCUT2D eigenvalue weighted by atomic mass is 10.1. The third-order valence-corrected chi connectivity index (χ3v) is 5.23. The van der Waals surface area contributed by atoms with Crippen LogP contribution in [0.15, 0.2) is 41.8 Å². The number of nitro groups is 1. The van der Waals surface area contributed by atoms with Gasteiger partial charge in [0.1, 0.15) is 17.8 Å². The van der Waals surface area contributed by atoms with Gasteiger partial charge in [-0.1, -0.05) is 11.6 Å². The lowest BCUT2D eigenvalue weighted by Gasteiger charge is -2.34. The lowest BCUT2D eigenvalue weighted by molar-refractivity contribution is -0.384. The van der Waals surface area contributed by atoms with Crippen LogP contribution in [-0.4, -0.2) is 68.5 Å². The van der Waals surface area contributed by atoms with Crippen LogP contribution in [0.5, 0.6) is 0 Å². The van der Waals surface area contributed by atoms with Gasteiger partial charge in [-0.15, -0.1) is 0 Å². The zero-order chi connectivity index (χ0) is 21.4. The van der Waals surface area contributed by atoms with Crippen LogP contribution in [0.1, 0.15) is 0 Å². The molecule has 1 unspecified atom stereocenters. The molecule has 12 heteroatoms. The van der Waals surface area contributed by atoms with Crippen molar-refractivity contribution >= 4 is 45.8 Å².